The third-order valence-electron chi connectivity index (χ3n) is 27.4. The van der Waals surface area contributed by atoms with E-state index in [0.29, 0.717) is 121 Å². The van der Waals surface area contributed by atoms with Crippen LogP contribution in [0.5, 0.6) is 23.0 Å². The van der Waals surface area contributed by atoms with Gasteiger partial charge >= 0.3 is 24.3 Å². The van der Waals surface area contributed by atoms with E-state index in [1.165, 1.54) is 34.6 Å². The molecule has 36 heteroatoms. The van der Waals surface area contributed by atoms with Crippen LogP contribution in [0, 0.1) is 58.2 Å². The third-order valence-corrected chi connectivity index (χ3v) is 31.7. The minimum Gasteiger partial charge on any atom is -0.491 e. The largest absolute Gasteiger partial charge is 0.491 e. The fourth-order valence-corrected chi connectivity index (χ4v) is 20.9. The Labute approximate surface area is 778 Å². The topological polar surface area (TPSA) is 368 Å². The lowest BCUT2D eigenvalue weighted by atomic mass is 9.82. The summed E-state index contributed by atoms with van der Waals surface area (Å²) in [7, 11) is -8.12. The van der Waals surface area contributed by atoms with E-state index in [1.807, 2.05) is 114 Å². The first kappa shape index (κ1) is 101. The number of allylic oxidation sites excluding steroid dienone is 4. The Morgan fingerprint density at radius 1 is 0.493 bits per heavy atom. The van der Waals surface area contributed by atoms with Crippen molar-refractivity contribution in [2.45, 2.75) is 282 Å². The van der Waals surface area contributed by atoms with Gasteiger partial charge in [-0.1, -0.05) is 52.0 Å². The van der Waals surface area contributed by atoms with Crippen molar-refractivity contribution >= 4 is 67.2 Å². The Morgan fingerprint density at radius 3 is 1.16 bits per heavy atom. The molecule has 4 aliphatic heterocycles. The Kier molecular flexibility index (Phi) is 29.7. The lowest BCUT2D eigenvalue weighted by Crippen LogP contribution is -2.48. The monoisotopic (exact) mass is 1900 g/mol. The van der Waals surface area contributed by atoms with E-state index in [4.69, 9.17) is 38.4 Å². The number of carbonyl (C=O) groups is 8. The van der Waals surface area contributed by atoms with Crippen molar-refractivity contribution < 1.29 is 110 Å². The lowest BCUT2D eigenvalue weighted by molar-refractivity contribution is -0.257. The van der Waals surface area contributed by atoms with Gasteiger partial charge in [-0.3, -0.25) is 67.7 Å². The number of esters is 2. The van der Waals surface area contributed by atoms with E-state index in [-0.39, 0.29) is 62.8 Å². The van der Waals surface area contributed by atoms with Crippen molar-refractivity contribution in [2.24, 2.45) is 58.2 Å². The highest BCUT2D eigenvalue weighted by Crippen LogP contribution is 2.60. The van der Waals surface area contributed by atoms with Gasteiger partial charge in [0.2, 0.25) is 54.9 Å². The average Bonchev–Trinajstić information content (AvgIpc) is 1.57. The molecule has 4 saturated carbocycles. The van der Waals surface area contributed by atoms with Crippen LogP contribution in [-0.2, 0) is 67.9 Å². The van der Waals surface area contributed by atoms with Crippen LogP contribution < -0.4 is 28.4 Å². The number of carbonyl (C=O) groups excluding carboxylic acids is 8. The maximum absolute atomic E-state index is 15.1. The van der Waals surface area contributed by atoms with Crippen molar-refractivity contribution in [3.05, 3.63) is 134 Å². The molecule has 6 aromatic rings. The molecule has 0 radical (unpaired) electrons. The number of pyridine rings is 2. The molecule has 8 heterocycles. The summed E-state index contributed by atoms with van der Waals surface area (Å²) in [4.78, 5) is 145. The minimum atomic E-state index is -4.89. The molecular weight excluding hydrogens is 1780 g/mol. The highest BCUT2D eigenvalue weighted by Gasteiger charge is 2.65. The number of rotatable bonds is 24. The van der Waals surface area contributed by atoms with Crippen LogP contribution in [0.3, 0.4) is 0 Å². The molecule has 4 aromatic heterocycles. The smallest absolute Gasteiger partial charge is 0.427 e. The maximum Gasteiger partial charge on any atom is 0.427 e. The summed E-state index contributed by atoms with van der Waals surface area (Å²) in [5.74, 6) is -8.74. The van der Waals surface area contributed by atoms with Crippen LogP contribution in [-0.4, -0.2) is 186 Å². The second-order valence-electron chi connectivity index (χ2n) is 39.9. The van der Waals surface area contributed by atoms with Gasteiger partial charge in [0.1, 0.15) is 46.6 Å². The number of benzene rings is 2. The normalized spacial score (nSPS) is 27.2. The molecule has 2 N–H and O–H groups in total. The molecule has 4 amide bonds. The maximum atomic E-state index is 15.1. The zero-order valence-corrected chi connectivity index (χ0v) is 79.6. The fraction of sp³-hybridized carbons (Fsp3) is 0.571. The number of halogens is 6. The Hall–Kier alpha value is -10.8. The summed E-state index contributed by atoms with van der Waals surface area (Å²) in [5.41, 5.74) is -4.31. The van der Waals surface area contributed by atoms with Crippen molar-refractivity contribution in [2.75, 3.05) is 13.1 Å². The number of hydrogen-bond donors (Lipinski definition) is 2. The lowest BCUT2D eigenvalue weighted by Gasteiger charge is -2.33. The SMILES string of the molecule is CC(C)Oc1ccc(-c2cc(O[C@@H]3C[C@H]4C(=O)C[C@]5(C(=O)NS(=O)(=O)C6(C)CC6)C[C@H]5/C=C\CC[C@@H](C)C[C@@H](C)[C@H](CC(=O)OC(C)(C)C(F)(F)F)C(=O)N4C3)cc(-c3cnccn3)n2)cc1.CC(C)Oc1ccc(-c2cc(O[C@@H]3C[C@H]4C(=O)C[C@]5(C(=O)NS(=O)(=O)C6(C)CC6)C[C@H]5/C=C\CC[C@H](C)C[C@@H](C)[C@H](CC(=O)OC(C)(C)C(F)(F)F)C(=O)N4C3)cc(-c3cnccn3)n2)cc1. The average molecular weight is 1900 g/mol. The van der Waals surface area contributed by atoms with Gasteiger partial charge in [-0.15, -0.1) is 0 Å². The van der Waals surface area contributed by atoms with Crippen molar-refractivity contribution in [1.82, 2.24) is 49.1 Å². The quantitative estimate of drug-likeness (QED) is 0.0323. The van der Waals surface area contributed by atoms with Crippen molar-refractivity contribution in [3.63, 3.8) is 0 Å². The highest BCUT2D eigenvalue weighted by atomic mass is 32.2. The highest BCUT2D eigenvalue weighted by molar-refractivity contribution is 7.92. The summed E-state index contributed by atoms with van der Waals surface area (Å²) in [5, 5.41) is 0. The molecule has 2 aromatic carbocycles. The number of nitrogens with one attached hydrogen (secondary N) is 2. The molecule has 14 atom stereocenters. The molecular formula is C98H120F6N10O18S2. The van der Waals surface area contributed by atoms with Crippen LogP contribution in [0.1, 0.15) is 213 Å². The van der Waals surface area contributed by atoms with Crippen molar-refractivity contribution in [1.29, 1.82) is 0 Å². The van der Waals surface area contributed by atoms with Crippen LogP contribution in [0.15, 0.2) is 134 Å². The van der Waals surface area contributed by atoms with Crippen LogP contribution in [0.2, 0.25) is 0 Å². The minimum absolute atomic E-state index is 0.00480. The molecule has 0 unspecified atom stereocenters. The second kappa shape index (κ2) is 39.5. The number of aromatic nitrogens is 6. The molecule has 724 valence electrons. The molecule has 28 nitrogen and oxygen atoms in total. The zero-order valence-electron chi connectivity index (χ0n) is 77.9. The number of hydrogen-bond acceptors (Lipinski definition) is 24. The van der Waals surface area contributed by atoms with Gasteiger partial charge in [-0.25, -0.2) is 26.8 Å². The first-order valence-electron chi connectivity index (χ1n) is 46.0. The predicted molar refractivity (Wildman–Crippen MR) is 483 cm³/mol. The van der Waals surface area contributed by atoms with Crippen LogP contribution >= 0.6 is 0 Å². The number of alkyl halides is 6. The number of ketones is 2. The number of ether oxygens (including phenoxy) is 6. The number of amides is 4. The number of fused-ring (bicyclic) bond motifs is 4. The summed E-state index contributed by atoms with van der Waals surface area (Å²) in [6, 6.07) is 19.0. The number of Topliss-reactive ketones (excluding diaryl/α,β-unsaturated/α-hetero) is 2. The summed E-state index contributed by atoms with van der Waals surface area (Å²) in [6.45, 7) is 20.9. The third kappa shape index (κ3) is 23.5. The van der Waals surface area contributed by atoms with Gasteiger partial charge in [-0.2, -0.15) is 26.3 Å². The molecule has 4 aliphatic carbocycles. The fourth-order valence-electron chi connectivity index (χ4n) is 18.2. The van der Waals surface area contributed by atoms with Gasteiger partial charge < -0.3 is 38.2 Å². The van der Waals surface area contributed by atoms with E-state index in [1.54, 1.807) is 64.4 Å². The van der Waals surface area contributed by atoms with Gasteiger partial charge in [0.05, 0.1) is 118 Å². The van der Waals surface area contributed by atoms with E-state index < -0.39 is 197 Å². The molecule has 2 saturated heterocycles. The van der Waals surface area contributed by atoms with E-state index in [2.05, 4.69) is 29.4 Å². The predicted octanol–water partition coefficient (Wildman–Crippen LogP) is 16.4. The Balaban J connectivity index is 0.000000227. The Bertz CT molecular complexity index is 5300. The molecule has 0 spiro atoms. The first-order valence-corrected chi connectivity index (χ1v) is 48.9. The first-order chi connectivity index (χ1) is 62.8. The van der Waals surface area contributed by atoms with Crippen LogP contribution in [0.25, 0.3) is 45.3 Å². The van der Waals surface area contributed by atoms with Crippen molar-refractivity contribution in [3.8, 4) is 68.3 Å². The number of nitrogens with zero attached hydrogens (tertiary/aromatic N) is 8. The van der Waals surface area contributed by atoms with E-state index >= 15 is 9.59 Å². The van der Waals surface area contributed by atoms with Gasteiger partial charge in [0, 0.05) is 85.9 Å². The molecule has 0 bridgehead atoms. The van der Waals surface area contributed by atoms with E-state index in [9.17, 15) is 71.9 Å². The zero-order chi connectivity index (χ0) is 97.4. The van der Waals surface area contributed by atoms with Gasteiger partial charge in [0.15, 0.2) is 11.6 Å². The Morgan fingerprint density at radius 2 is 0.843 bits per heavy atom. The summed E-state index contributed by atoms with van der Waals surface area (Å²) >= 11 is 0. The van der Waals surface area contributed by atoms with Gasteiger partial charge in [-0.05, 0) is 230 Å². The molecule has 8 aliphatic rings. The summed E-state index contributed by atoms with van der Waals surface area (Å²) < 4.78 is 174. The van der Waals surface area contributed by atoms with Crippen LogP contribution in [0.4, 0.5) is 26.3 Å². The second-order valence-corrected chi connectivity index (χ2v) is 44.3. The van der Waals surface area contributed by atoms with E-state index in [0.717, 1.165) is 38.8 Å². The summed E-state index contributed by atoms with van der Waals surface area (Å²) in [6.07, 6.45) is 8.21. The van der Waals surface area contributed by atoms with Gasteiger partial charge in [0.25, 0.3) is 0 Å². The molecule has 134 heavy (non-hydrogen) atoms. The number of sulfonamides is 2. The molecule has 6 fully saturated rings. The molecule has 14 rings (SSSR count). The standard InChI is InChI=1S/2C49H60F3N5O9S/c2*1-29(2)64-34-14-12-32(13-15-34)38-21-35(22-39(55-38)40-27-53-18-19-54-40)65-36-23-41-42(58)26-48(45(61)56-67(62,63)47(7)16-17-47)25-33(48)11-9-8-10-30(3)20-31(4)37(44(60)57(41)28-36)24-43(59)66-46(5,6)49(50,51)52/h2*9,11-15,18-19,21-22,27,29-31,33,36-37,41H,8,10,16-17,20,23-26,28H2,1-7H3,(H,56,61)/b2*11-9-/t30-,31+,33+,36+,37-,41-,48+;30-,31-,33-,36-,37+,41+,48-/m01/s1.